The van der Waals surface area contributed by atoms with Gasteiger partial charge >= 0.3 is 0 Å². The zero-order chi connectivity index (χ0) is 11.6. The Labute approximate surface area is 95.6 Å². The predicted molar refractivity (Wildman–Crippen MR) is 62.0 cm³/mol. The molecule has 0 aliphatic heterocycles. The maximum absolute atomic E-state index is 13.5. The zero-order valence-electron chi connectivity index (χ0n) is 9.63. The highest BCUT2D eigenvalue weighted by molar-refractivity contribution is 5.30. The lowest BCUT2D eigenvalue weighted by Gasteiger charge is -2.42. The number of hydrogen-bond acceptors (Lipinski definition) is 2. The number of nitrogens with two attached hydrogens (primary N) is 1. The average molecular weight is 223 g/mol. The summed E-state index contributed by atoms with van der Waals surface area (Å²) in [5, 5.41) is 0. The van der Waals surface area contributed by atoms with Crippen molar-refractivity contribution in [2.24, 2.45) is 5.73 Å². The Morgan fingerprint density at radius 2 is 2.19 bits per heavy atom. The van der Waals surface area contributed by atoms with Crippen LogP contribution >= 0.6 is 0 Å². The largest absolute Gasteiger partial charge is 0.484 e. The molecule has 0 aromatic heterocycles. The third kappa shape index (κ3) is 2.19. The van der Waals surface area contributed by atoms with Gasteiger partial charge in [0.2, 0.25) is 0 Å². The van der Waals surface area contributed by atoms with E-state index in [4.69, 9.17) is 10.5 Å². The molecule has 1 aliphatic rings. The van der Waals surface area contributed by atoms with Crippen LogP contribution in [0, 0.1) is 12.7 Å². The van der Waals surface area contributed by atoms with E-state index < -0.39 is 0 Å². The van der Waals surface area contributed by atoms with Crippen molar-refractivity contribution in [3.63, 3.8) is 0 Å². The van der Waals surface area contributed by atoms with E-state index in [1.54, 1.807) is 12.1 Å². The van der Waals surface area contributed by atoms with Crippen molar-refractivity contribution in [3.05, 3.63) is 29.6 Å². The minimum Gasteiger partial charge on any atom is -0.484 e. The number of hydrogen-bond donors (Lipinski definition) is 1. The van der Waals surface area contributed by atoms with Gasteiger partial charge in [-0.15, -0.1) is 0 Å². The van der Waals surface area contributed by atoms with Crippen molar-refractivity contribution in [1.29, 1.82) is 0 Å². The summed E-state index contributed by atoms with van der Waals surface area (Å²) in [5.74, 6) is 0.0852. The van der Waals surface area contributed by atoms with Crippen LogP contribution < -0.4 is 10.5 Å². The minimum absolute atomic E-state index is 0.205. The van der Waals surface area contributed by atoms with Gasteiger partial charge in [-0.3, -0.25) is 0 Å². The second-order valence-electron chi connectivity index (χ2n) is 4.61. The Morgan fingerprint density at radius 1 is 1.44 bits per heavy atom. The molecule has 88 valence electrons. The maximum atomic E-state index is 13.5. The molecule has 1 aliphatic carbocycles. The second kappa shape index (κ2) is 4.42. The maximum Gasteiger partial charge on any atom is 0.165 e. The van der Waals surface area contributed by atoms with Gasteiger partial charge in [0.25, 0.3) is 0 Å². The van der Waals surface area contributed by atoms with Crippen molar-refractivity contribution in [1.82, 2.24) is 0 Å². The van der Waals surface area contributed by atoms with E-state index in [-0.39, 0.29) is 11.4 Å². The van der Waals surface area contributed by atoms with Gasteiger partial charge in [-0.05, 0) is 56.8 Å². The predicted octanol–water partition coefficient (Wildman–Crippen LogP) is 2.78. The first-order chi connectivity index (χ1) is 7.65. The van der Waals surface area contributed by atoms with Crippen molar-refractivity contribution in [2.45, 2.75) is 38.2 Å². The third-order valence-corrected chi connectivity index (χ3v) is 3.28. The van der Waals surface area contributed by atoms with Crippen LogP contribution in [-0.2, 0) is 0 Å². The van der Waals surface area contributed by atoms with E-state index in [2.05, 4.69) is 0 Å². The van der Waals surface area contributed by atoms with E-state index in [1.165, 1.54) is 6.07 Å². The summed E-state index contributed by atoms with van der Waals surface area (Å²) in [7, 11) is 0. The van der Waals surface area contributed by atoms with Crippen LogP contribution in [0.5, 0.6) is 5.75 Å². The topological polar surface area (TPSA) is 35.2 Å². The fraction of sp³-hybridized carbons (Fsp3) is 0.538. The van der Waals surface area contributed by atoms with Gasteiger partial charge in [0, 0.05) is 0 Å². The fourth-order valence-corrected chi connectivity index (χ4v) is 2.16. The van der Waals surface area contributed by atoms with E-state index in [9.17, 15) is 4.39 Å². The molecule has 0 atom stereocenters. The number of ether oxygens (including phenoxy) is 1. The summed E-state index contributed by atoms with van der Waals surface area (Å²) in [5.41, 5.74) is 6.38. The molecule has 2 N–H and O–H groups in total. The molecule has 0 spiro atoms. The van der Waals surface area contributed by atoms with Gasteiger partial charge in [-0.25, -0.2) is 4.39 Å². The van der Waals surface area contributed by atoms with Crippen molar-refractivity contribution in [3.8, 4) is 5.75 Å². The van der Waals surface area contributed by atoms with Crippen LogP contribution in [0.3, 0.4) is 0 Å². The smallest absolute Gasteiger partial charge is 0.165 e. The van der Waals surface area contributed by atoms with Crippen LogP contribution in [0.4, 0.5) is 4.39 Å². The van der Waals surface area contributed by atoms with Crippen LogP contribution in [0.25, 0.3) is 0 Å². The van der Waals surface area contributed by atoms with E-state index >= 15 is 0 Å². The van der Waals surface area contributed by atoms with Crippen molar-refractivity contribution < 1.29 is 9.13 Å². The lowest BCUT2D eigenvalue weighted by atomic mass is 9.77. The molecular weight excluding hydrogens is 205 g/mol. The summed E-state index contributed by atoms with van der Waals surface area (Å²) in [4.78, 5) is 0. The van der Waals surface area contributed by atoms with Crippen LogP contribution in [0.15, 0.2) is 18.2 Å². The van der Waals surface area contributed by atoms with Crippen molar-refractivity contribution >= 4 is 0 Å². The summed E-state index contributed by atoms with van der Waals surface area (Å²) < 4.78 is 19.4. The van der Waals surface area contributed by atoms with E-state index in [1.807, 2.05) is 6.92 Å². The highest BCUT2D eigenvalue weighted by Gasteiger charge is 2.39. The Hall–Kier alpha value is -1.09. The lowest BCUT2D eigenvalue weighted by molar-refractivity contribution is -0.0154. The van der Waals surface area contributed by atoms with Gasteiger partial charge < -0.3 is 10.5 Å². The van der Waals surface area contributed by atoms with E-state index in [0.29, 0.717) is 12.3 Å². The zero-order valence-corrected chi connectivity index (χ0v) is 9.63. The first kappa shape index (κ1) is 11.4. The molecule has 0 amide bonds. The molecule has 0 unspecified atom stereocenters. The summed E-state index contributed by atoms with van der Waals surface area (Å²) >= 11 is 0. The molecule has 1 aromatic carbocycles. The second-order valence-corrected chi connectivity index (χ2v) is 4.61. The van der Waals surface area contributed by atoms with Gasteiger partial charge in [0.05, 0.1) is 0 Å². The minimum atomic E-state index is -0.283. The van der Waals surface area contributed by atoms with Gasteiger partial charge in [-0.1, -0.05) is 6.07 Å². The fourth-order valence-electron chi connectivity index (χ4n) is 2.16. The molecule has 1 fully saturated rings. The number of aryl methyl sites for hydroxylation is 1. The first-order valence-electron chi connectivity index (χ1n) is 5.80. The third-order valence-electron chi connectivity index (χ3n) is 3.28. The molecule has 0 bridgehead atoms. The molecule has 3 heteroatoms. The van der Waals surface area contributed by atoms with Gasteiger partial charge in [0.15, 0.2) is 11.6 Å². The Balaban J connectivity index is 2.15. The van der Waals surface area contributed by atoms with Gasteiger partial charge in [0.1, 0.15) is 5.60 Å². The first-order valence-corrected chi connectivity index (χ1v) is 5.80. The Bertz CT molecular complexity index is 374. The molecule has 1 aromatic rings. The van der Waals surface area contributed by atoms with Crippen molar-refractivity contribution in [2.75, 3.05) is 6.54 Å². The van der Waals surface area contributed by atoms with Crippen LogP contribution in [0.1, 0.15) is 31.2 Å². The molecular formula is C13H18FNO. The lowest BCUT2D eigenvalue weighted by Crippen LogP contribution is -2.45. The SMILES string of the molecule is Cc1ccc(F)c(OC2(CCN)CCC2)c1. The Kier molecular flexibility index (Phi) is 3.15. The molecule has 0 saturated heterocycles. The quantitative estimate of drug-likeness (QED) is 0.851. The monoisotopic (exact) mass is 223 g/mol. The van der Waals surface area contributed by atoms with Crippen LogP contribution in [-0.4, -0.2) is 12.1 Å². The summed E-state index contributed by atoms with van der Waals surface area (Å²) in [6, 6.07) is 4.96. The summed E-state index contributed by atoms with van der Waals surface area (Å²) in [6.45, 7) is 2.52. The van der Waals surface area contributed by atoms with Gasteiger partial charge in [-0.2, -0.15) is 0 Å². The molecule has 0 heterocycles. The Morgan fingerprint density at radius 3 is 2.75 bits per heavy atom. The molecule has 2 nitrogen and oxygen atoms in total. The van der Waals surface area contributed by atoms with E-state index in [0.717, 1.165) is 31.2 Å². The average Bonchev–Trinajstić information content (AvgIpc) is 2.20. The molecule has 1 saturated carbocycles. The highest BCUT2D eigenvalue weighted by atomic mass is 19.1. The standard InChI is InChI=1S/C13H18FNO/c1-10-3-4-11(14)12(9-10)16-13(7-8-15)5-2-6-13/h3-4,9H,2,5-8,15H2,1H3. The number of halogens is 1. The number of benzene rings is 1. The molecule has 2 rings (SSSR count). The number of rotatable bonds is 4. The normalized spacial score (nSPS) is 17.9. The highest BCUT2D eigenvalue weighted by Crippen LogP contribution is 2.39. The molecule has 16 heavy (non-hydrogen) atoms. The summed E-state index contributed by atoms with van der Waals surface area (Å²) in [6.07, 6.45) is 3.92. The van der Waals surface area contributed by atoms with Crippen LogP contribution in [0.2, 0.25) is 0 Å². The molecule has 0 radical (unpaired) electrons.